The number of hydrogen-bond acceptors (Lipinski definition) is 4. The third-order valence-corrected chi connectivity index (χ3v) is 4.63. The third-order valence-electron chi connectivity index (χ3n) is 4.63. The lowest BCUT2D eigenvalue weighted by molar-refractivity contribution is 0.279. The van der Waals surface area contributed by atoms with Gasteiger partial charge in [0, 0.05) is 13.0 Å². The fraction of sp³-hybridized carbons (Fsp3) is 0.381. The predicted octanol–water partition coefficient (Wildman–Crippen LogP) is 3.67. The summed E-state index contributed by atoms with van der Waals surface area (Å²) in [5.41, 5.74) is 4.59. The zero-order valence-corrected chi connectivity index (χ0v) is 15.7. The fourth-order valence-electron chi connectivity index (χ4n) is 3.11. The number of fused-ring (bicyclic) bond motifs is 1. The minimum atomic E-state index is 0.0962. The quantitative estimate of drug-likeness (QED) is 0.627. The van der Waals surface area contributed by atoms with Crippen molar-refractivity contribution in [1.29, 1.82) is 0 Å². The molecule has 0 aliphatic carbocycles. The SMILES string of the molecule is COc1ccccc1OCCCn1c(CCO)nc2cc(C)c(C)cc21. The van der Waals surface area contributed by atoms with Gasteiger partial charge < -0.3 is 19.1 Å². The van der Waals surface area contributed by atoms with E-state index in [4.69, 9.17) is 14.5 Å². The molecule has 1 heterocycles. The third kappa shape index (κ3) is 3.83. The summed E-state index contributed by atoms with van der Waals surface area (Å²) in [6.07, 6.45) is 1.40. The molecule has 0 bridgehead atoms. The van der Waals surface area contributed by atoms with Crippen molar-refractivity contribution in [3.8, 4) is 11.5 Å². The average Bonchev–Trinajstić information content (AvgIpc) is 2.96. The van der Waals surface area contributed by atoms with Gasteiger partial charge in [0.25, 0.3) is 0 Å². The Kier molecular flexibility index (Phi) is 5.78. The van der Waals surface area contributed by atoms with Crippen molar-refractivity contribution in [2.45, 2.75) is 33.2 Å². The first-order valence-corrected chi connectivity index (χ1v) is 8.97. The Morgan fingerprint density at radius 1 is 1.08 bits per heavy atom. The maximum absolute atomic E-state index is 9.36. The first kappa shape index (κ1) is 18.3. The number of ether oxygens (including phenoxy) is 2. The van der Waals surface area contributed by atoms with Gasteiger partial charge in [0.1, 0.15) is 5.82 Å². The van der Waals surface area contributed by atoms with Crippen molar-refractivity contribution in [2.24, 2.45) is 0 Å². The molecule has 5 nitrogen and oxygen atoms in total. The Morgan fingerprint density at radius 3 is 2.54 bits per heavy atom. The molecule has 1 N–H and O–H groups in total. The number of methoxy groups -OCH3 is 1. The predicted molar refractivity (Wildman–Crippen MR) is 103 cm³/mol. The lowest BCUT2D eigenvalue weighted by Gasteiger charge is -2.12. The van der Waals surface area contributed by atoms with Crippen LogP contribution in [0.2, 0.25) is 0 Å². The highest BCUT2D eigenvalue weighted by Gasteiger charge is 2.12. The molecule has 2 aromatic carbocycles. The number of imidazole rings is 1. The largest absolute Gasteiger partial charge is 0.493 e. The first-order chi connectivity index (χ1) is 12.6. The second kappa shape index (κ2) is 8.23. The van der Waals surface area contributed by atoms with Crippen LogP contribution in [0.15, 0.2) is 36.4 Å². The van der Waals surface area contributed by atoms with Gasteiger partial charge in [0.2, 0.25) is 0 Å². The van der Waals surface area contributed by atoms with Crippen molar-refractivity contribution in [3.63, 3.8) is 0 Å². The molecule has 1 aromatic heterocycles. The Morgan fingerprint density at radius 2 is 1.81 bits per heavy atom. The zero-order valence-electron chi connectivity index (χ0n) is 15.7. The van der Waals surface area contributed by atoms with E-state index in [-0.39, 0.29) is 6.61 Å². The van der Waals surface area contributed by atoms with E-state index in [1.807, 2.05) is 24.3 Å². The molecule has 0 spiro atoms. The molecular weight excluding hydrogens is 328 g/mol. The molecule has 0 fully saturated rings. The molecule has 0 saturated carbocycles. The van der Waals surface area contributed by atoms with Gasteiger partial charge in [0.05, 0.1) is 31.4 Å². The van der Waals surface area contributed by atoms with Gasteiger partial charge in [-0.05, 0) is 55.7 Å². The number of benzene rings is 2. The number of para-hydroxylation sites is 2. The van der Waals surface area contributed by atoms with Gasteiger partial charge in [0.15, 0.2) is 11.5 Å². The first-order valence-electron chi connectivity index (χ1n) is 8.97. The van der Waals surface area contributed by atoms with E-state index >= 15 is 0 Å². The maximum atomic E-state index is 9.36. The Hall–Kier alpha value is -2.53. The Labute approximate surface area is 154 Å². The van der Waals surface area contributed by atoms with Gasteiger partial charge in [-0.15, -0.1) is 0 Å². The molecule has 0 saturated heterocycles. The van der Waals surface area contributed by atoms with Gasteiger partial charge >= 0.3 is 0 Å². The molecule has 0 aliphatic heterocycles. The smallest absolute Gasteiger partial charge is 0.161 e. The molecule has 0 unspecified atom stereocenters. The number of aliphatic hydroxyl groups is 1. The maximum Gasteiger partial charge on any atom is 0.161 e. The van der Waals surface area contributed by atoms with E-state index in [0.717, 1.165) is 41.3 Å². The van der Waals surface area contributed by atoms with Crippen molar-refractivity contribution in [1.82, 2.24) is 9.55 Å². The number of rotatable bonds is 8. The summed E-state index contributed by atoms with van der Waals surface area (Å²) in [7, 11) is 1.64. The minimum absolute atomic E-state index is 0.0962. The summed E-state index contributed by atoms with van der Waals surface area (Å²) < 4.78 is 13.4. The summed E-state index contributed by atoms with van der Waals surface area (Å²) in [5, 5.41) is 9.36. The molecule has 26 heavy (non-hydrogen) atoms. The molecular formula is C21H26N2O3. The second-order valence-corrected chi connectivity index (χ2v) is 6.43. The molecule has 138 valence electrons. The van der Waals surface area contributed by atoms with Gasteiger partial charge in [-0.25, -0.2) is 4.98 Å². The number of nitrogens with zero attached hydrogens (tertiary/aromatic N) is 2. The van der Waals surface area contributed by atoms with E-state index in [9.17, 15) is 5.11 Å². The lowest BCUT2D eigenvalue weighted by Crippen LogP contribution is -2.09. The lowest BCUT2D eigenvalue weighted by atomic mass is 10.1. The van der Waals surface area contributed by atoms with Crippen molar-refractivity contribution >= 4 is 11.0 Å². The number of hydrogen-bond donors (Lipinski definition) is 1. The van der Waals surface area contributed by atoms with Crippen LogP contribution in [-0.4, -0.2) is 35.0 Å². The van der Waals surface area contributed by atoms with E-state index in [2.05, 4.69) is 30.5 Å². The Balaban J connectivity index is 1.73. The second-order valence-electron chi connectivity index (χ2n) is 6.43. The standard InChI is InChI=1S/C21H26N2O3/c1-15-13-17-18(14-16(15)2)23(21(22-17)9-11-24)10-6-12-26-20-8-5-4-7-19(20)25-3/h4-5,7-8,13-14,24H,6,9-12H2,1-3H3. The van der Waals surface area contributed by atoms with E-state index in [1.54, 1.807) is 7.11 Å². The molecule has 0 amide bonds. The van der Waals surface area contributed by atoms with Crippen LogP contribution in [0, 0.1) is 13.8 Å². The van der Waals surface area contributed by atoms with Crippen molar-refractivity contribution in [3.05, 3.63) is 53.3 Å². The van der Waals surface area contributed by atoms with Gasteiger partial charge in [-0.3, -0.25) is 0 Å². The fourth-order valence-corrected chi connectivity index (χ4v) is 3.11. The summed E-state index contributed by atoms with van der Waals surface area (Å²) in [6.45, 7) is 5.69. The molecule has 0 atom stereocenters. The summed E-state index contributed by atoms with van der Waals surface area (Å²) in [5.74, 6) is 2.42. The molecule has 0 aliphatic rings. The van der Waals surface area contributed by atoms with Crippen molar-refractivity contribution in [2.75, 3.05) is 20.3 Å². The zero-order chi connectivity index (χ0) is 18.5. The number of aliphatic hydroxyl groups excluding tert-OH is 1. The van der Waals surface area contributed by atoms with Crippen LogP contribution in [0.3, 0.4) is 0 Å². The Bertz CT molecular complexity index is 886. The van der Waals surface area contributed by atoms with E-state index in [1.165, 1.54) is 11.1 Å². The highest BCUT2D eigenvalue weighted by Crippen LogP contribution is 2.26. The number of aryl methyl sites for hydroxylation is 3. The van der Waals surface area contributed by atoms with Gasteiger partial charge in [-0.1, -0.05) is 12.1 Å². The molecule has 3 rings (SSSR count). The minimum Gasteiger partial charge on any atom is -0.493 e. The van der Waals surface area contributed by atoms with E-state index in [0.29, 0.717) is 13.0 Å². The topological polar surface area (TPSA) is 56.5 Å². The van der Waals surface area contributed by atoms with Crippen LogP contribution < -0.4 is 9.47 Å². The molecule has 0 radical (unpaired) electrons. The van der Waals surface area contributed by atoms with Crippen molar-refractivity contribution < 1.29 is 14.6 Å². The van der Waals surface area contributed by atoms with Crippen LogP contribution in [0.5, 0.6) is 11.5 Å². The average molecular weight is 354 g/mol. The van der Waals surface area contributed by atoms with Crippen LogP contribution >= 0.6 is 0 Å². The summed E-state index contributed by atoms with van der Waals surface area (Å²) in [6, 6.07) is 12.0. The highest BCUT2D eigenvalue weighted by molar-refractivity contribution is 5.78. The van der Waals surface area contributed by atoms with Crippen LogP contribution in [0.4, 0.5) is 0 Å². The van der Waals surface area contributed by atoms with Crippen LogP contribution in [-0.2, 0) is 13.0 Å². The van der Waals surface area contributed by atoms with E-state index < -0.39 is 0 Å². The molecule has 3 aromatic rings. The normalized spacial score (nSPS) is 11.1. The highest BCUT2D eigenvalue weighted by atomic mass is 16.5. The number of aromatic nitrogens is 2. The van der Waals surface area contributed by atoms with Crippen LogP contribution in [0.25, 0.3) is 11.0 Å². The monoisotopic (exact) mass is 354 g/mol. The summed E-state index contributed by atoms with van der Waals surface area (Å²) in [4.78, 5) is 4.71. The molecule has 5 heteroatoms. The summed E-state index contributed by atoms with van der Waals surface area (Å²) >= 11 is 0. The van der Waals surface area contributed by atoms with Gasteiger partial charge in [-0.2, -0.15) is 0 Å². The van der Waals surface area contributed by atoms with Crippen LogP contribution in [0.1, 0.15) is 23.4 Å².